The van der Waals surface area contributed by atoms with E-state index in [2.05, 4.69) is 38.9 Å². The lowest BCUT2D eigenvalue weighted by Crippen LogP contribution is -2.43. The largest absolute Gasteiger partial charge is 0.306 e. The van der Waals surface area contributed by atoms with Gasteiger partial charge in [0.1, 0.15) is 0 Å². The SMILES string of the molecule is CS(=O)(=O)NC1CCN(Cc2ccc(-n3ccnc3)cc2)CC1. The van der Waals surface area contributed by atoms with E-state index in [0.717, 1.165) is 38.2 Å². The molecule has 0 radical (unpaired) electrons. The van der Waals surface area contributed by atoms with Gasteiger partial charge in [0.2, 0.25) is 10.0 Å². The van der Waals surface area contributed by atoms with Crippen LogP contribution >= 0.6 is 0 Å². The van der Waals surface area contributed by atoms with Gasteiger partial charge in [0, 0.05) is 43.8 Å². The van der Waals surface area contributed by atoms with Crippen LogP contribution in [0, 0.1) is 0 Å². The Bertz CT molecular complexity index is 718. The Kier molecular flexibility index (Phi) is 4.79. The highest BCUT2D eigenvalue weighted by atomic mass is 32.2. The molecule has 1 aromatic carbocycles. The van der Waals surface area contributed by atoms with E-state index in [0.29, 0.717) is 0 Å². The zero-order chi connectivity index (χ0) is 16.3. The van der Waals surface area contributed by atoms with E-state index in [-0.39, 0.29) is 6.04 Å². The first kappa shape index (κ1) is 16.2. The summed E-state index contributed by atoms with van der Waals surface area (Å²) >= 11 is 0. The quantitative estimate of drug-likeness (QED) is 0.897. The minimum atomic E-state index is -3.10. The van der Waals surface area contributed by atoms with Crippen molar-refractivity contribution in [3.05, 3.63) is 48.5 Å². The number of likely N-dealkylation sites (tertiary alicyclic amines) is 1. The average Bonchev–Trinajstić information content (AvgIpc) is 3.03. The Labute approximate surface area is 137 Å². The number of benzene rings is 1. The predicted molar refractivity (Wildman–Crippen MR) is 89.8 cm³/mol. The summed E-state index contributed by atoms with van der Waals surface area (Å²) in [5.74, 6) is 0. The lowest BCUT2D eigenvalue weighted by atomic mass is 10.1. The van der Waals surface area contributed by atoms with Gasteiger partial charge in [-0.1, -0.05) is 12.1 Å². The number of sulfonamides is 1. The molecule has 2 heterocycles. The Morgan fingerprint density at radius 2 is 1.91 bits per heavy atom. The molecular formula is C16H22N4O2S. The molecule has 0 atom stereocenters. The zero-order valence-electron chi connectivity index (χ0n) is 13.2. The molecule has 1 aromatic heterocycles. The van der Waals surface area contributed by atoms with Crippen LogP contribution in [-0.2, 0) is 16.6 Å². The van der Waals surface area contributed by atoms with E-state index in [1.165, 1.54) is 11.8 Å². The van der Waals surface area contributed by atoms with Crippen molar-refractivity contribution in [2.75, 3.05) is 19.3 Å². The summed E-state index contributed by atoms with van der Waals surface area (Å²) in [5, 5.41) is 0. The van der Waals surface area contributed by atoms with Gasteiger partial charge in [-0.25, -0.2) is 18.1 Å². The Hall–Kier alpha value is -1.70. The lowest BCUT2D eigenvalue weighted by molar-refractivity contribution is 0.200. The van der Waals surface area contributed by atoms with Gasteiger partial charge in [-0.3, -0.25) is 4.90 Å². The monoisotopic (exact) mass is 334 g/mol. The number of nitrogens with zero attached hydrogens (tertiary/aromatic N) is 3. The van der Waals surface area contributed by atoms with Crippen LogP contribution in [0.1, 0.15) is 18.4 Å². The van der Waals surface area contributed by atoms with Crippen LogP contribution in [0.25, 0.3) is 5.69 Å². The van der Waals surface area contributed by atoms with Crippen LogP contribution in [0.3, 0.4) is 0 Å². The van der Waals surface area contributed by atoms with Gasteiger partial charge in [0.25, 0.3) is 0 Å². The van der Waals surface area contributed by atoms with Gasteiger partial charge in [0.05, 0.1) is 12.6 Å². The second-order valence-electron chi connectivity index (χ2n) is 6.08. The van der Waals surface area contributed by atoms with Crippen molar-refractivity contribution >= 4 is 10.0 Å². The van der Waals surface area contributed by atoms with E-state index in [4.69, 9.17) is 0 Å². The van der Waals surface area contributed by atoms with Crippen LogP contribution in [-0.4, -0.2) is 48.3 Å². The Balaban J connectivity index is 1.53. The summed E-state index contributed by atoms with van der Waals surface area (Å²) in [6.07, 6.45) is 8.42. The van der Waals surface area contributed by atoms with Gasteiger partial charge < -0.3 is 4.57 Å². The summed E-state index contributed by atoms with van der Waals surface area (Å²) in [6.45, 7) is 2.72. The van der Waals surface area contributed by atoms with Gasteiger partial charge in [0.15, 0.2) is 0 Å². The Morgan fingerprint density at radius 1 is 1.22 bits per heavy atom. The third-order valence-electron chi connectivity index (χ3n) is 4.11. The molecule has 0 aliphatic carbocycles. The van der Waals surface area contributed by atoms with Gasteiger partial charge in [-0.2, -0.15) is 0 Å². The number of nitrogens with one attached hydrogen (secondary N) is 1. The summed E-state index contributed by atoms with van der Waals surface area (Å²) in [4.78, 5) is 6.42. The van der Waals surface area contributed by atoms with Gasteiger partial charge in [-0.05, 0) is 30.5 Å². The van der Waals surface area contributed by atoms with E-state index in [1.807, 2.05) is 10.8 Å². The third kappa shape index (κ3) is 4.63. The molecule has 23 heavy (non-hydrogen) atoms. The highest BCUT2D eigenvalue weighted by molar-refractivity contribution is 7.88. The topological polar surface area (TPSA) is 67.2 Å². The molecule has 0 spiro atoms. The number of hydrogen-bond acceptors (Lipinski definition) is 4. The van der Waals surface area contributed by atoms with Crippen LogP contribution in [0.5, 0.6) is 0 Å². The average molecular weight is 334 g/mol. The van der Waals surface area contributed by atoms with Crippen LogP contribution in [0.2, 0.25) is 0 Å². The van der Waals surface area contributed by atoms with Crippen LogP contribution in [0.4, 0.5) is 0 Å². The highest BCUT2D eigenvalue weighted by Crippen LogP contribution is 2.16. The molecule has 1 N–H and O–H groups in total. The van der Waals surface area contributed by atoms with E-state index < -0.39 is 10.0 Å². The summed E-state index contributed by atoms with van der Waals surface area (Å²) in [6, 6.07) is 8.53. The molecule has 1 saturated heterocycles. The van der Waals surface area contributed by atoms with Crippen molar-refractivity contribution in [2.24, 2.45) is 0 Å². The fourth-order valence-electron chi connectivity index (χ4n) is 2.96. The lowest BCUT2D eigenvalue weighted by Gasteiger charge is -2.31. The van der Waals surface area contributed by atoms with Crippen molar-refractivity contribution in [1.29, 1.82) is 0 Å². The third-order valence-corrected chi connectivity index (χ3v) is 4.87. The predicted octanol–water partition coefficient (Wildman–Crippen LogP) is 1.39. The van der Waals surface area contributed by atoms with Crippen molar-refractivity contribution < 1.29 is 8.42 Å². The fourth-order valence-corrected chi connectivity index (χ4v) is 3.80. The number of aromatic nitrogens is 2. The normalized spacial score (nSPS) is 17.4. The van der Waals surface area contributed by atoms with Gasteiger partial charge >= 0.3 is 0 Å². The molecule has 0 unspecified atom stereocenters. The standard InChI is InChI=1S/C16H22N4O2S/c1-23(21,22)18-15-6-9-19(10-7-15)12-14-2-4-16(5-3-14)20-11-8-17-13-20/h2-5,8,11,13,15,18H,6-7,9-10,12H2,1H3. The summed E-state index contributed by atoms with van der Waals surface area (Å²) < 4.78 is 27.2. The minimum absolute atomic E-state index is 0.0740. The van der Waals surface area contributed by atoms with E-state index in [1.54, 1.807) is 12.5 Å². The molecule has 1 aliphatic rings. The minimum Gasteiger partial charge on any atom is -0.306 e. The molecule has 0 amide bonds. The molecule has 0 saturated carbocycles. The van der Waals surface area contributed by atoms with Crippen molar-refractivity contribution in [3.63, 3.8) is 0 Å². The smallest absolute Gasteiger partial charge is 0.208 e. The maximum Gasteiger partial charge on any atom is 0.208 e. The molecule has 1 fully saturated rings. The summed E-state index contributed by atoms with van der Waals surface area (Å²) in [7, 11) is -3.10. The second kappa shape index (κ2) is 6.82. The highest BCUT2D eigenvalue weighted by Gasteiger charge is 2.21. The number of rotatable bonds is 5. The molecule has 3 rings (SSSR count). The molecule has 6 nitrogen and oxygen atoms in total. The van der Waals surface area contributed by atoms with E-state index in [9.17, 15) is 8.42 Å². The first-order chi connectivity index (χ1) is 11.0. The van der Waals surface area contributed by atoms with Crippen LogP contribution in [0.15, 0.2) is 43.0 Å². The maximum absolute atomic E-state index is 11.3. The zero-order valence-corrected chi connectivity index (χ0v) is 14.0. The molecule has 7 heteroatoms. The molecule has 1 aliphatic heterocycles. The molecule has 0 bridgehead atoms. The maximum atomic E-state index is 11.3. The van der Waals surface area contributed by atoms with Crippen LogP contribution < -0.4 is 4.72 Å². The number of hydrogen-bond donors (Lipinski definition) is 1. The fraction of sp³-hybridized carbons (Fsp3) is 0.438. The number of piperidine rings is 1. The molecule has 2 aromatic rings. The summed E-state index contributed by atoms with van der Waals surface area (Å²) in [5.41, 5.74) is 2.37. The van der Waals surface area contributed by atoms with Crippen molar-refractivity contribution in [3.8, 4) is 5.69 Å². The van der Waals surface area contributed by atoms with Crippen molar-refractivity contribution in [2.45, 2.75) is 25.4 Å². The van der Waals surface area contributed by atoms with E-state index >= 15 is 0 Å². The first-order valence-corrected chi connectivity index (χ1v) is 9.66. The first-order valence-electron chi connectivity index (χ1n) is 7.76. The number of imidazole rings is 1. The molecule has 124 valence electrons. The van der Waals surface area contributed by atoms with Crippen molar-refractivity contribution in [1.82, 2.24) is 19.2 Å². The Morgan fingerprint density at radius 3 is 2.48 bits per heavy atom. The second-order valence-corrected chi connectivity index (χ2v) is 7.86. The molecular weight excluding hydrogens is 312 g/mol. The van der Waals surface area contributed by atoms with Gasteiger partial charge in [-0.15, -0.1) is 0 Å².